The predicted octanol–water partition coefficient (Wildman–Crippen LogP) is 2.46. The van der Waals surface area contributed by atoms with E-state index in [9.17, 15) is 22.4 Å². The van der Waals surface area contributed by atoms with Gasteiger partial charge in [-0.2, -0.15) is 13.2 Å². The lowest BCUT2D eigenvalue weighted by atomic mass is 10.1. The fraction of sp³-hybridized carbons (Fsp3) is 0.462. The molecule has 7 heteroatoms. The van der Waals surface area contributed by atoms with Crippen molar-refractivity contribution in [2.24, 2.45) is 0 Å². The van der Waals surface area contributed by atoms with E-state index in [0.29, 0.717) is 0 Å². The summed E-state index contributed by atoms with van der Waals surface area (Å²) in [5.41, 5.74) is -1.04. The van der Waals surface area contributed by atoms with Crippen LogP contribution in [0.1, 0.15) is 25.0 Å². The maximum absolute atomic E-state index is 13.1. The minimum atomic E-state index is -4.73. The lowest BCUT2D eigenvalue weighted by Gasteiger charge is -2.11. The first-order valence-corrected chi connectivity index (χ1v) is 6.06. The van der Waals surface area contributed by atoms with Crippen LogP contribution in [0.5, 0.6) is 0 Å². The van der Waals surface area contributed by atoms with E-state index < -0.39 is 17.6 Å². The van der Waals surface area contributed by atoms with Crippen molar-refractivity contribution in [3.8, 4) is 0 Å². The second kappa shape index (κ2) is 6.69. The van der Waals surface area contributed by atoms with Gasteiger partial charge in [0.2, 0.25) is 5.91 Å². The number of rotatable bonds is 5. The van der Waals surface area contributed by atoms with Crippen molar-refractivity contribution in [3.05, 3.63) is 35.1 Å². The number of carbonyl (C=O) groups is 1. The first kappa shape index (κ1) is 16.4. The molecular weight excluding hydrogens is 276 g/mol. The van der Waals surface area contributed by atoms with E-state index in [2.05, 4.69) is 10.6 Å². The van der Waals surface area contributed by atoms with E-state index >= 15 is 0 Å². The SMILES string of the molecule is CC(C)NC(=O)CNCc1ccc(F)c(C(F)(F)F)c1. The number of alkyl halides is 3. The summed E-state index contributed by atoms with van der Waals surface area (Å²) in [5, 5.41) is 5.34. The fourth-order valence-corrected chi connectivity index (χ4v) is 1.59. The zero-order valence-corrected chi connectivity index (χ0v) is 11.1. The molecule has 112 valence electrons. The number of benzene rings is 1. The van der Waals surface area contributed by atoms with E-state index in [-0.39, 0.29) is 30.6 Å². The summed E-state index contributed by atoms with van der Waals surface area (Å²) < 4.78 is 50.5. The number of hydrogen-bond donors (Lipinski definition) is 2. The molecule has 0 aliphatic heterocycles. The van der Waals surface area contributed by atoms with Gasteiger partial charge in [0.25, 0.3) is 0 Å². The van der Waals surface area contributed by atoms with E-state index in [1.807, 2.05) is 0 Å². The second-order valence-corrected chi connectivity index (χ2v) is 4.64. The summed E-state index contributed by atoms with van der Waals surface area (Å²) >= 11 is 0. The second-order valence-electron chi connectivity index (χ2n) is 4.64. The number of carbonyl (C=O) groups excluding carboxylic acids is 1. The van der Waals surface area contributed by atoms with Crippen LogP contribution >= 0.6 is 0 Å². The van der Waals surface area contributed by atoms with E-state index in [1.54, 1.807) is 13.8 Å². The lowest BCUT2D eigenvalue weighted by Crippen LogP contribution is -2.37. The Hall–Kier alpha value is -1.63. The molecule has 2 N–H and O–H groups in total. The summed E-state index contributed by atoms with van der Waals surface area (Å²) in [4.78, 5) is 11.3. The van der Waals surface area contributed by atoms with Crippen molar-refractivity contribution in [1.29, 1.82) is 0 Å². The summed E-state index contributed by atoms with van der Waals surface area (Å²) in [6.07, 6.45) is -4.73. The van der Waals surface area contributed by atoms with Gasteiger partial charge in [-0.25, -0.2) is 4.39 Å². The van der Waals surface area contributed by atoms with Gasteiger partial charge in [0, 0.05) is 12.6 Å². The number of hydrogen-bond acceptors (Lipinski definition) is 2. The van der Waals surface area contributed by atoms with Gasteiger partial charge in [-0.3, -0.25) is 4.79 Å². The van der Waals surface area contributed by atoms with Crippen molar-refractivity contribution >= 4 is 5.91 Å². The highest BCUT2D eigenvalue weighted by atomic mass is 19.4. The van der Waals surface area contributed by atoms with Crippen molar-refractivity contribution in [2.75, 3.05) is 6.54 Å². The molecule has 1 aromatic rings. The Morgan fingerprint density at radius 1 is 1.30 bits per heavy atom. The van der Waals surface area contributed by atoms with Gasteiger partial charge in [0.1, 0.15) is 5.82 Å². The molecule has 1 amide bonds. The zero-order chi connectivity index (χ0) is 15.3. The Kier molecular flexibility index (Phi) is 5.50. The van der Waals surface area contributed by atoms with E-state index in [1.165, 1.54) is 6.07 Å². The van der Waals surface area contributed by atoms with Gasteiger partial charge in [0.15, 0.2) is 0 Å². The molecule has 1 rings (SSSR count). The average molecular weight is 292 g/mol. The molecule has 0 aliphatic rings. The summed E-state index contributed by atoms with van der Waals surface area (Å²) in [7, 11) is 0. The smallest absolute Gasteiger partial charge is 0.353 e. The molecule has 3 nitrogen and oxygen atoms in total. The largest absolute Gasteiger partial charge is 0.419 e. The van der Waals surface area contributed by atoms with Crippen LogP contribution in [0.3, 0.4) is 0 Å². The number of amides is 1. The Bertz CT molecular complexity index is 472. The predicted molar refractivity (Wildman–Crippen MR) is 66.4 cm³/mol. The first-order valence-electron chi connectivity index (χ1n) is 6.06. The monoisotopic (exact) mass is 292 g/mol. The highest BCUT2D eigenvalue weighted by Crippen LogP contribution is 2.31. The van der Waals surface area contributed by atoms with Gasteiger partial charge in [-0.05, 0) is 31.5 Å². The van der Waals surface area contributed by atoms with Gasteiger partial charge >= 0.3 is 6.18 Å². The zero-order valence-electron chi connectivity index (χ0n) is 11.1. The molecule has 20 heavy (non-hydrogen) atoms. The van der Waals surface area contributed by atoms with Crippen molar-refractivity contribution in [2.45, 2.75) is 32.6 Å². The Balaban J connectivity index is 2.59. The maximum Gasteiger partial charge on any atom is 0.419 e. The third kappa shape index (κ3) is 5.16. The summed E-state index contributed by atoms with van der Waals surface area (Å²) in [6, 6.07) is 2.75. The van der Waals surface area contributed by atoms with Gasteiger partial charge < -0.3 is 10.6 Å². The fourth-order valence-electron chi connectivity index (χ4n) is 1.59. The molecule has 0 saturated heterocycles. The van der Waals surface area contributed by atoms with Crippen molar-refractivity contribution in [3.63, 3.8) is 0 Å². The first-order chi connectivity index (χ1) is 9.20. The van der Waals surface area contributed by atoms with Crippen LogP contribution in [0.4, 0.5) is 17.6 Å². The van der Waals surface area contributed by atoms with Crippen LogP contribution < -0.4 is 10.6 Å². The number of nitrogens with one attached hydrogen (secondary N) is 2. The number of halogens is 4. The van der Waals surface area contributed by atoms with Gasteiger partial charge in [-0.15, -0.1) is 0 Å². The molecule has 0 heterocycles. The van der Waals surface area contributed by atoms with E-state index in [0.717, 1.165) is 12.1 Å². The van der Waals surface area contributed by atoms with Crippen LogP contribution in [0.15, 0.2) is 18.2 Å². The molecule has 0 aromatic heterocycles. The van der Waals surface area contributed by atoms with Gasteiger partial charge in [0.05, 0.1) is 12.1 Å². The van der Waals surface area contributed by atoms with E-state index in [4.69, 9.17) is 0 Å². The van der Waals surface area contributed by atoms with Crippen molar-refractivity contribution < 1.29 is 22.4 Å². The summed E-state index contributed by atoms with van der Waals surface area (Å²) in [5.74, 6) is -1.56. The van der Waals surface area contributed by atoms with Gasteiger partial charge in [-0.1, -0.05) is 6.07 Å². The lowest BCUT2D eigenvalue weighted by molar-refractivity contribution is -0.140. The Morgan fingerprint density at radius 2 is 1.95 bits per heavy atom. The highest BCUT2D eigenvalue weighted by Gasteiger charge is 2.34. The minimum absolute atomic E-state index is 0.00745. The Labute approximate surface area is 114 Å². The minimum Gasteiger partial charge on any atom is -0.353 e. The third-order valence-electron chi connectivity index (χ3n) is 2.40. The molecule has 0 unspecified atom stereocenters. The molecular formula is C13H16F4N2O. The molecule has 0 saturated carbocycles. The van der Waals surface area contributed by atoms with Crippen molar-refractivity contribution in [1.82, 2.24) is 10.6 Å². The van der Waals surface area contributed by atoms with Crippen LogP contribution in [-0.4, -0.2) is 18.5 Å². The van der Waals surface area contributed by atoms with Crippen LogP contribution in [-0.2, 0) is 17.5 Å². The molecule has 1 aromatic carbocycles. The Morgan fingerprint density at radius 3 is 2.50 bits per heavy atom. The normalized spacial score (nSPS) is 11.8. The maximum atomic E-state index is 13.1. The third-order valence-corrected chi connectivity index (χ3v) is 2.40. The van der Waals surface area contributed by atoms with Crippen LogP contribution in [0.25, 0.3) is 0 Å². The molecule has 0 spiro atoms. The highest BCUT2D eigenvalue weighted by molar-refractivity contribution is 5.78. The molecule has 0 atom stereocenters. The topological polar surface area (TPSA) is 41.1 Å². The summed E-state index contributed by atoms with van der Waals surface area (Å²) in [6.45, 7) is 3.63. The molecule has 0 fully saturated rings. The average Bonchev–Trinajstić information content (AvgIpc) is 2.28. The molecule has 0 radical (unpaired) electrons. The molecule has 0 aliphatic carbocycles. The standard InChI is InChI=1S/C13H16F4N2O/c1-8(2)19-12(20)7-18-6-9-3-4-11(14)10(5-9)13(15,16)17/h3-5,8,18H,6-7H2,1-2H3,(H,19,20). The quantitative estimate of drug-likeness (QED) is 0.819. The molecule has 0 bridgehead atoms. The van der Waals surface area contributed by atoms with Crippen LogP contribution in [0, 0.1) is 5.82 Å². The van der Waals surface area contributed by atoms with Crippen LogP contribution in [0.2, 0.25) is 0 Å².